The molecule has 0 aliphatic heterocycles. The van der Waals surface area contributed by atoms with E-state index in [-0.39, 0.29) is 17.2 Å². The summed E-state index contributed by atoms with van der Waals surface area (Å²) >= 11 is 0. The second kappa shape index (κ2) is 6.78. The fourth-order valence-electron chi connectivity index (χ4n) is 1.96. The molecular formula is C15H8F6N6. The quantitative estimate of drug-likeness (QED) is 0.683. The number of nitrogens with one attached hydrogen (secondary N) is 1. The van der Waals surface area contributed by atoms with E-state index in [1.54, 1.807) is 6.07 Å². The molecule has 0 aliphatic carbocycles. The molecular weight excluding hydrogens is 378 g/mol. The molecule has 3 rings (SSSR count). The molecule has 0 fully saturated rings. The molecule has 0 bridgehead atoms. The van der Waals surface area contributed by atoms with E-state index in [4.69, 9.17) is 0 Å². The first kappa shape index (κ1) is 18.5. The molecule has 0 radical (unpaired) electrons. The van der Waals surface area contributed by atoms with Gasteiger partial charge in [0.25, 0.3) is 0 Å². The van der Waals surface area contributed by atoms with Gasteiger partial charge in [0.15, 0.2) is 5.82 Å². The minimum atomic E-state index is -4.89. The number of hydrogen-bond acceptors (Lipinski definition) is 6. The van der Waals surface area contributed by atoms with Crippen molar-refractivity contribution >= 4 is 11.6 Å². The van der Waals surface area contributed by atoms with Crippen molar-refractivity contribution < 1.29 is 26.3 Å². The Labute approximate surface area is 147 Å². The summed E-state index contributed by atoms with van der Waals surface area (Å²) < 4.78 is 77.4. The first-order chi connectivity index (χ1) is 12.6. The Morgan fingerprint density at radius 3 is 2.19 bits per heavy atom. The van der Waals surface area contributed by atoms with Crippen molar-refractivity contribution in [2.24, 2.45) is 0 Å². The standard InChI is InChI=1S/C15H8F6N6/c16-14(17,18)10-7-8(4-6-23-10)24-13-26-11(9-3-1-2-5-22-9)25-12(27-13)15(19,20)21/h1-7H,(H,23,24,25,26,27). The van der Waals surface area contributed by atoms with Gasteiger partial charge in [0.2, 0.25) is 11.8 Å². The van der Waals surface area contributed by atoms with Crippen LogP contribution in [0.5, 0.6) is 0 Å². The monoisotopic (exact) mass is 386 g/mol. The molecule has 1 N–H and O–H groups in total. The number of pyridine rings is 2. The van der Waals surface area contributed by atoms with Crippen molar-refractivity contribution in [2.75, 3.05) is 5.32 Å². The lowest BCUT2D eigenvalue weighted by molar-refractivity contribution is -0.145. The van der Waals surface area contributed by atoms with Crippen molar-refractivity contribution in [3.63, 3.8) is 0 Å². The van der Waals surface area contributed by atoms with Gasteiger partial charge in [-0.2, -0.15) is 36.3 Å². The third kappa shape index (κ3) is 4.46. The van der Waals surface area contributed by atoms with E-state index in [1.165, 1.54) is 18.3 Å². The third-order valence-electron chi connectivity index (χ3n) is 3.09. The van der Waals surface area contributed by atoms with E-state index in [2.05, 4.69) is 30.2 Å². The fraction of sp³-hybridized carbons (Fsp3) is 0.133. The highest BCUT2D eigenvalue weighted by molar-refractivity contribution is 5.57. The normalized spacial score (nSPS) is 12.1. The highest BCUT2D eigenvalue weighted by atomic mass is 19.4. The largest absolute Gasteiger partial charge is 0.451 e. The van der Waals surface area contributed by atoms with Gasteiger partial charge in [0, 0.05) is 18.1 Å². The van der Waals surface area contributed by atoms with Crippen LogP contribution in [0.1, 0.15) is 11.5 Å². The average Bonchev–Trinajstić information content (AvgIpc) is 2.61. The minimum absolute atomic E-state index is 0.0409. The summed E-state index contributed by atoms with van der Waals surface area (Å²) in [6.45, 7) is 0. The highest BCUT2D eigenvalue weighted by Crippen LogP contribution is 2.31. The average molecular weight is 386 g/mol. The molecule has 0 spiro atoms. The summed E-state index contributed by atoms with van der Waals surface area (Å²) in [5.74, 6) is -2.48. The SMILES string of the molecule is FC(F)(F)c1cc(Nc2nc(-c3ccccn3)nc(C(F)(F)F)n2)ccn1. The maximum absolute atomic E-state index is 13.1. The van der Waals surface area contributed by atoms with E-state index in [9.17, 15) is 26.3 Å². The van der Waals surface area contributed by atoms with Crippen LogP contribution in [-0.4, -0.2) is 24.9 Å². The predicted molar refractivity (Wildman–Crippen MR) is 80.6 cm³/mol. The van der Waals surface area contributed by atoms with E-state index in [0.29, 0.717) is 6.07 Å². The molecule has 3 heterocycles. The first-order valence-electron chi connectivity index (χ1n) is 7.18. The Bertz CT molecular complexity index is 942. The molecule has 12 heteroatoms. The van der Waals surface area contributed by atoms with Crippen LogP contribution in [0.3, 0.4) is 0 Å². The summed E-state index contributed by atoms with van der Waals surface area (Å²) in [7, 11) is 0. The predicted octanol–water partition coefficient (Wildman–Crippen LogP) is 4.11. The number of halogens is 6. The number of aromatic nitrogens is 5. The zero-order valence-corrected chi connectivity index (χ0v) is 13.0. The third-order valence-corrected chi connectivity index (χ3v) is 3.09. The molecule has 0 amide bonds. The molecule has 0 saturated heterocycles. The van der Waals surface area contributed by atoms with Gasteiger partial charge in [-0.05, 0) is 24.3 Å². The van der Waals surface area contributed by atoms with E-state index >= 15 is 0 Å². The molecule has 0 atom stereocenters. The van der Waals surface area contributed by atoms with Gasteiger partial charge in [-0.3, -0.25) is 9.97 Å². The topological polar surface area (TPSA) is 76.5 Å². The fourth-order valence-corrected chi connectivity index (χ4v) is 1.96. The molecule has 27 heavy (non-hydrogen) atoms. The van der Waals surface area contributed by atoms with Gasteiger partial charge in [-0.1, -0.05) is 6.07 Å². The van der Waals surface area contributed by atoms with Crippen LogP contribution in [0.25, 0.3) is 11.5 Å². The molecule has 3 aromatic heterocycles. The van der Waals surface area contributed by atoms with Crippen molar-refractivity contribution in [3.05, 3.63) is 54.2 Å². The molecule has 3 aromatic rings. The molecule has 6 nitrogen and oxygen atoms in total. The summed E-state index contributed by atoms with van der Waals surface area (Å²) in [6.07, 6.45) is -7.42. The molecule has 0 unspecified atom stereocenters. The van der Waals surface area contributed by atoms with Gasteiger partial charge in [0.1, 0.15) is 11.4 Å². The van der Waals surface area contributed by atoms with Crippen molar-refractivity contribution in [3.8, 4) is 11.5 Å². The number of hydrogen-bond donors (Lipinski definition) is 1. The smallest absolute Gasteiger partial charge is 0.324 e. The molecule has 140 valence electrons. The molecule has 0 saturated carbocycles. The highest BCUT2D eigenvalue weighted by Gasteiger charge is 2.36. The molecule has 0 aliphatic rings. The summed E-state index contributed by atoms with van der Waals surface area (Å²) in [6, 6.07) is 6.20. The number of alkyl halides is 6. The van der Waals surface area contributed by atoms with Gasteiger partial charge in [-0.25, -0.2) is 4.98 Å². The second-order valence-corrected chi connectivity index (χ2v) is 5.07. The lowest BCUT2D eigenvalue weighted by Gasteiger charge is -2.11. The lowest BCUT2D eigenvalue weighted by atomic mass is 10.3. The van der Waals surface area contributed by atoms with Crippen molar-refractivity contribution in [1.82, 2.24) is 24.9 Å². The van der Waals surface area contributed by atoms with Crippen LogP contribution < -0.4 is 5.32 Å². The van der Waals surface area contributed by atoms with Crippen molar-refractivity contribution in [2.45, 2.75) is 12.4 Å². The van der Waals surface area contributed by atoms with Crippen LogP contribution in [0.15, 0.2) is 42.7 Å². The van der Waals surface area contributed by atoms with Gasteiger partial charge in [0.05, 0.1) is 0 Å². The van der Waals surface area contributed by atoms with Gasteiger partial charge >= 0.3 is 12.4 Å². The number of rotatable bonds is 3. The first-order valence-corrected chi connectivity index (χ1v) is 7.18. The number of anilines is 2. The van der Waals surface area contributed by atoms with E-state index in [0.717, 1.165) is 12.3 Å². The maximum atomic E-state index is 13.1. The van der Waals surface area contributed by atoms with Crippen LogP contribution in [0.4, 0.5) is 38.0 Å². The summed E-state index contributed by atoms with van der Waals surface area (Å²) in [5, 5.41) is 2.31. The second-order valence-electron chi connectivity index (χ2n) is 5.07. The van der Waals surface area contributed by atoms with E-state index < -0.39 is 29.8 Å². The summed E-state index contributed by atoms with van der Waals surface area (Å²) in [5.41, 5.74) is -1.37. The Morgan fingerprint density at radius 2 is 1.56 bits per heavy atom. The number of nitrogens with zero attached hydrogens (tertiary/aromatic N) is 5. The van der Waals surface area contributed by atoms with Crippen LogP contribution in [0.2, 0.25) is 0 Å². The Balaban J connectivity index is 2.03. The van der Waals surface area contributed by atoms with Gasteiger partial charge < -0.3 is 5.32 Å². The minimum Gasteiger partial charge on any atom is -0.324 e. The van der Waals surface area contributed by atoms with E-state index in [1.807, 2.05) is 0 Å². The van der Waals surface area contributed by atoms with Crippen molar-refractivity contribution in [1.29, 1.82) is 0 Å². The Morgan fingerprint density at radius 1 is 0.778 bits per heavy atom. The van der Waals surface area contributed by atoms with Gasteiger partial charge in [-0.15, -0.1) is 0 Å². The zero-order chi connectivity index (χ0) is 19.7. The lowest BCUT2D eigenvalue weighted by Crippen LogP contribution is -2.15. The summed E-state index contributed by atoms with van der Waals surface area (Å²) in [4.78, 5) is 17.4. The van der Waals surface area contributed by atoms with Crippen LogP contribution in [-0.2, 0) is 12.4 Å². The zero-order valence-electron chi connectivity index (χ0n) is 13.0. The Kier molecular flexibility index (Phi) is 4.64. The van der Waals surface area contributed by atoms with Crippen LogP contribution in [0, 0.1) is 0 Å². The van der Waals surface area contributed by atoms with Crippen LogP contribution >= 0.6 is 0 Å². The molecule has 0 aromatic carbocycles. The Hall–Kier alpha value is -3.31. The maximum Gasteiger partial charge on any atom is 0.451 e.